The zero-order valence-corrected chi connectivity index (χ0v) is 25.4. The lowest BCUT2D eigenvalue weighted by Gasteiger charge is -2.32. The van der Waals surface area contributed by atoms with Gasteiger partial charge in [0, 0.05) is 35.2 Å². The number of benzene rings is 3. The predicted molar refractivity (Wildman–Crippen MR) is 163 cm³/mol. The highest BCUT2D eigenvalue weighted by Gasteiger charge is 2.33. The molecule has 1 aliphatic rings. The van der Waals surface area contributed by atoms with Crippen molar-refractivity contribution in [3.05, 3.63) is 95.1 Å². The second-order valence-corrected chi connectivity index (χ2v) is 10.9. The number of aromatic nitrogens is 2. The molecule has 10 nitrogen and oxygen atoms in total. The van der Waals surface area contributed by atoms with Crippen LogP contribution >= 0.6 is 11.8 Å². The molecule has 228 valence electrons. The van der Waals surface area contributed by atoms with Crippen molar-refractivity contribution < 1.29 is 32.9 Å². The Hall–Kier alpha value is -4.84. The third-order valence-corrected chi connectivity index (χ3v) is 7.66. The van der Waals surface area contributed by atoms with Gasteiger partial charge in [0.25, 0.3) is 5.91 Å². The highest BCUT2D eigenvalue weighted by Crippen LogP contribution is 2.37. The molecule has 5 rings (SSSR count). The lowest BCUT2D eigenvalue weighted by molar-refractivity contribution is -0.137. The van der Waals surface area contributed by atoms with Crippen LogP contribution in [0.25, 0.3) is 0 Å². The van der Waals surface area contributed by atoms with Crippen LogP contribution in [0.3, 0.4) is 0 Å². The van der Waals surface area contributed by atoms with Crippen molar-refractivity contribution in [2.45, 2.75) is 31.6 Å². The van der Waals surface area contributed by atoms with Gasteiger partial charge in [-0.2, -0.15) is 0 Å². The van der Waals surface area contributed by atoms with Crippen LogP contribution in [0, 0.1) is 19.7 Å². The average Bonchev–Trinajstić information content (AvgIpc) is 3.48. The number of hydrogen-bond acceptors (Lipinski definition) is 9. The molecule has 0 aliphatic carbocycles. The van der Waals surface area contributed by atoms with Crippen LogP contribution in [0.2, 0.25) is 0 Å². The number of methoxy groups -OCH3 is 2. The molecule has 12 heteroatoms. The first kappa shape index (κ1) is 30.6. The van der Waals surface area contributed by atoms with E-state index in [0.717, 1.165) is 23.1 Å². The first-order valence-electron chi connectivity index (χ1n) is 13.7. The first-order valence-corrected chi connectivity index (χ1v) is 14.6. The van der Waals surface area contributed by atoms with Gasteiger partial charge in [-0.15, -0.1) is 0 Å². The number of nitrogens with zero attached hydrogens (tertiary/aromatic N) is 3. The molecule has 2 amide bonds. The Balaban J connectivity index is 1.55. The topological polar surface area (TPSA) is 112 Å². The van der Waals surface area contributed by atoms with Gasteiger partial charge in [-0.3, -0.25) is 9.59 Å². The lowest BCUT2D eigenvalue weighted by Crippen LogP contribution is -2.42. The number of carbonyl (C=O) groups excluding carboxylic acids is 2. The number of ether oxygens (including phenoxy) is 4. The van der Waals surface area contributed by atoms with Gasteiger partial charge in [0.1, 0.15) is 11.9 Å². The maximum atomic E-state index is 15.0. The predicted octanol–water partition coefficient (Wildman–Crippen LogP) is 5.48. The third-order valence-electron chi connectivity index (χ3n) is 6.83. The molecule has 44 heavy (non-hydrogen) atoms. The van der Waals surface area contributed by atoms with Crippen LogP contribution in [0.4, 0.5) is 10.1 Å². The number of rotatable bonds is 11. The standard InChI is InChI=1S/C32H31FN4O6S/c1-19-13-20(2)35-32(34-19)44-17-29(38)37(16-22-7-5-6-8-24(22)33)30(21-9-11-25(40-3)27(14-21)41-4)31(39)36-23-10-12-26-28(15-23)43-18-42-26/h5-15,30H,16-18H2,1-4H3,(H,36,39). The average molecular weight is 619 g/mol. The zero-order chi connectivity index (χ0) is 31.2. The van der Waals surface area contributed by atoms with Crippen molar-refractivity contribution in [2.75, 3.05) is 32.1 Å². The maximum Gasteiger partial charge on any atom is 0.251 e. The molecular formula is C32H31FN4O6S. The van der Waals surface area contributed by atoms with Crippen LogP contribution in [0.1, 0.15) is 28.6 Å². The van der Waals surface area contributed by atoms with Crippen molar-refractivity contribution in [3.63, 3.8) is 0 Å². The van der Waals surface area contributed by atoms with Crippen LogP contribution in [0.5, 0.6) is 23.0 Å². The smallest absolute Gasteiger partial charge is 0.251 e. The van der Waals surface area contributed by atoms with Crippen molar-refractivity contribution in [1.82, 2.24) is 14.9 Å². The SMILES string of the molecule is COc1ccc(C(C(=O)Nc2ccc3c(c2)OCO3)N(Cc2ccccc2F)C(=O)CSc2nc(C)cc(C)n2)cc1OC. The van der Waals surface area contributed by atoms with Gasteiger partial charge >= 0.3 is 0 Å². The molecule has 0 radical (unpaired) electrons. The Labute approximate surface area is 258 Å². The second kappa shape index (κ2) is 13.6. The largest absolute Gasteiger partial charge is 0.493 e. The molecule has 1 unspecified atom stereocenters. The van der Waals surface area contributed by atoms with E-state index in [1.807, 2.05) is 19.9 Å². The number of halogens is 1. The Morgan fingerprint density at radius 3 is 2.41 bits per heavy atom. The van der Waals surface area contributed by atoms with Crippen LogP contribution in [-0.2, 0) is 16.1 Å². The van der Waals surface area contributed by atoms with E-state index in [1.165, 1.54) is 25.2 Å². The second-order valence-electron chi connectivity index (χ2n) is 9.91. The van der Waals surface area contributed by atoms with Crippen molar-refractivity contribution in [2.24, 2.45) is 0 Å². The summed E-state index contributed by atoms with van der Waals surface area (Å²) in [5, 5.41) is 3.32. The normalized spacial score (nSPS) is 12.4. The minimum absolute atomic E-state index is 0.0771. The summed E-state index contributed by atoms with van der Waals surface area (Å²) in [6.07, 6.45) is 0. The van der Waals surface area contributed by atoms with E-state index >= 15 is 0 Å². The van der Waals surface area contributed by atoms with Crippen molar-refractivity contribution >= 4 is 29.3 Å². The summed E-state index contributed by atoms with van der Waals surface area (Å²) in [7, 11) is 2.98. The molecule has 0 fully saturated rings. The zero-order valence-electron chi connectivity index (χ0n) is 24.6. The first-order chi connectivity index (χ1) is 21.2. The van der Waals surface area contributed by atoms with Gasteiger partial charge < -0.3 is 29.2 Å². The van der Waals surface area contributed by atoms with Gasteiger partial charge in [-0.1, -0.05) is 36.0 Å². The summed E-state index contributed by atoms with van der Waals surface area (Å²) < 4.78 is 36.7. The molecule has 0 saturated carbocycles. The Kier molecular flexibility index (Phi) is 9.49. The minimum atomic E-state index is -1.20. The molecule has 1 aliphatic heterocycles. The molecule has 4 aromatic rings. The van der Waals surface area contributed by atoms with Crippen LogP contribution in [-0.4, -0.2) is 53.4 Å². The highest BCUT2D eigenvalue weighted by molar-refractivity contribution is 7.99. The van der Waals surface area contributed by atoms with Crippen LogP contribution < -0.4 is 24.3 Å². The Bertz CT molecular complexity index is 1670. The number of carbonyl (C=O) groups is 2. The van der Waals surface area contributed by atoms with E-state index in [1.54, 1.807) is 54.6 Å². The number of anilines is 1. The van der Waals surface area contributed by atoms with Gasteiger partial charge in [0.05, 0.1) is 20.0 Å². The number of thioether (sulfide) groups is 1. The molecule has 2 heterocycles. The van der Waals surface area contributed by atoms with Gasteiger partial charge in [0.15, 0.2) is 28.2 Å². The number of aryl methyl sites for hydroxylation is 2. The molecule has 3 aromatic carbocycles. The summed E-state index contributed by atoms with van der Waals surface area (Å²) in [5.41, 5.74) is 2.64. The van der Waals surface area contributed by atoms with E-state index in [4.69, 9.17) is 18.9 Å². The monoisotopic (exact) mass is 618 g/mol. The lowest BCUT2D eigenvalue weighted by atomic mass is 10.0. The maximum absolute atomic E-state index is 15.0. The molecule has 0 saturated heterocycles. The summed E-state index contributed by atoms with van der Waals surface area (Å²) in [5.74, 6) is 0.283. The van der Waals surface area contributed by atoms with Crippen LogP contribution in [0.15, 0.2) is 71.9 Å². The number of fused-ring (bicyclic) bond motifs is 1. The highest BCUT2D eigenvalue weighted by atomic mass is 32.2. The molecule has 0 spiro atoms. The van der Waals surface area contributed by atoms with Crippen molar-refractivity contribution in [3.8, 4) is 23.0 Å². The molecule has 1 atom stereocenters. The summed E-state index contributed by atoms with van der Waals surface area (Å²) >= 11 is 1.14. The van der Waals surface area contributed by atoms with Crippen molar-refractivity contribution in [1.29, 1.82) is 0 Å². The fraction of sp³-hybridized carbons (Fsp3) is 0.250. The quantitative estimate of drug-likeness (QED) is 0.173. The molecule has 1 N–H and O–H groups in total. The fourth-order valence-electron chi connectivity index (χ4n) is 4.78. The fourth-order valence-corrected chi connectivity index (χ4v) is 5.62. The summed E-state index contributed by atoms with van der Waals surface area (Å²) in [4.78, 5) is 38.4. The Morgan fingerprint density at radius 2 is 1.68 bits per heavy atom. The van der Waals surface area contributed by atoms with E-state index in [0.29, 0.717) is 39.4 Å². The molecule has 1 aromatic heterocycles. The van der Waals surface area contributed by atoms with E-state index in [-0.39, 0.29) is 24.7 Å². The number of amides is 2. The summed E-state index contributed by atoms with van der Waals surface area (Å²) in [6, 6.07) is 16.7. The number of hydrogen-bond donors (Lipinski definition) is 1. The van der Waals surface area contributed by atoms with E-state index in [2.05, 4.69) is 15.3 Å². The van der Waals surface area contributed by atoms with Gasteiger partial charge in [0.2, 0.25) is 12.7 Å². The van der Waals surface area contributed by atoms with E-state index < -0.39 is 23.7 Å². The number of nitrogens with one attached hydrogen (secondary N) is 1. The third kappa shape index (κ3) is 7.03. The molecule has 0 bridgehead atoms. The van der Waals surface area contributed by atoms with Gasteiger partial charge in [-0.05, 0) is 55.8 Å². The van der Waals surface area contributed by atoms with E-state index in [9.17, 15) is 14.0 Å². The minimum Gasteiger partial charge on any atom is -0.493 e. The van der Waals surface area contributed by atoms with Gasteiger partial charge in [-0.25, -0.2) is 14.4 Å². The summed E-state index contributed by atoms with van der Waals surface area (Å²) in [6.45, 7) is 3.58. The Morgan fingerprint density at radius 1 is 0.955 bits per heavy atom. The molecular weight excluding hydrogens is 587 g/mol.